The summed E-state index contributed by atoms with van der Waals surface area (Å²) >= 11 is 0. The van der Waals surface area contributed by atoms with Crippen molar-refractivity contribution in [1.29, 1.82) is 0 Å². The molecule has 6 heteroatoms. The Kier molecular flexibility index (Phi) is 9.05. The number of para-hydroxylation sites is 2. The Morgan fingerprint density at radius 3 is 1.93 bits per heavy atom. The highest BCUT2D eigenvalue weighted by Crippen LogP contribution is 2.49. The van der Waals surface area contributed by atoms with Crippen molar-refractivity contribution in [3.63, 3.8) is 0 Å². The Balaban J connectivity index is 1.00. The fourth-order valence-corrected chi connectivity index (χ4v) is 10.8. The third-order valence-corrected chi connectivity index (χ3v) is 14.1. The number of furan rings is 2. The van der Waals surface area contributed by atoms with Crippen LogP contribution in [-0.2, 0) is 6.42 Å². The second-order valence-corrected chi connectivity index (χ2v) is 18.1. The van der Waals surface area contributed by atoms with E-state index in [-0.39, 0.29) is 0 Å². The number of aryl methyl sites for hydroxylation is 1. The number of nitrogens with zero attached hydrogens (tertiary/aromatic N) is 4. The highest BCUT2D eigenvalue weighted by molar-refractivity contribution is 6.20. The summed E-state index contributed by atoms with van der Waals surface area (Å²) in [5.74, 6) is 2.21. The zero-order valence-corrected chi connectivity index (χ0v) is 37.5. The summed E-state index contributed by atoms with van der Waals surface area (Å²) in [6.07, 6.45) is 16.6. The second-order valence-electron chi connectivity index (χ2n) is 18.1. The van der Waals surface area contributed by atoms with Crippen molar-refractivity contribution in [2.24, 2.45) is 0 Å². The molecule has 0 spiro atoms. The molecular formula is C63H42N4O2. The van der Waals surface area contributed by atoms with Crippen molar-refractivity contribution in [3.05, 3.63) is 223 Å². The van der Waals surface area contributed by atoms with E-state index in [4.69, 9.17) is 23.8 Å². The molecule has 1 atom stereocenters. The molecule has 0 saturated carbocycles. The van der Waals surface area contributed by atoms with Gasteiger partial charge in [0.1, 0.15) is 22.3 Å². The SMILES string of the molecule is C1=CCC(c2ccc3c(c2)c2c(n3-c3ccc4c(oc5ccccc54)c3-c3ccc(-c4cccc(-c5nc(-c6ccccc6)nc(-c6ccccc6)n5)c4)c4c3oc3ccccc34)C=CCC2)C=C1. The van der Waals surface area contributed by atoms with Crippen LogP contribution in [0.25, 0.3) is 123 Å². The maximum absolute atomic E-state index is 7.11. The van der Waals surface area contributed by atoms with Gasteiger partial charge in [-0.05, 0) is 96.1 Å². The summed E-state index contributed by atoms with van der Waals surface area (Å²) < 4.78 is 16.6. The Bertz CT molecular complexity index is 4060. The first-order valence-electron chi connectivity index (χ1n) is 23.8. The minimum Gasteiger partial charge on any atom is -0.455 e. The number of allylic oxidation sites excluding steroid dienone is 5. The molecule has 0 bridgehead atoms. The first-order valence-corrected chi connectivity index (χ1v) is 23.8. The fourth-order valence-electron chi connectivity index (χ4n) is 10.8. The fraction of sp³-hybridized carbons (Fsp3) is 0.0635. The van der Waals surface area contributed by atoms with Gasteiger partial charge in [0, 0.05) is 60.8 Å². The maximum Gasteiger partial charge on any atom is 0.164 e. The van der Waals surface area contributed by atoms with Gasteiger partial charge in [-0.25, -0.2) is 15.0 Å². The molecule has 0 radical (unpaired) electrons. The van der Waals surface area contributed by atoms with Crippen LogP contribution in [0.1, 0.15) is 35.6 Å². The Labute approximate surface area is 397 Å². The number of hydrogen-bond acceptors (Lipinski definition) is 5. The lowest BCUT2D eigenvalue weighted by Crippen LogP contribution is -2.03. The molecule has 12 aromatic rings. The van der Waals surface area contributed by atoms with E-state index in [1.165, 1.54) is 27.7 Å². The molecule has 326 valence electrons. The Morgan fingerprint density at radius 1 is 0.493 bits per heavy atom. The van der Waals surface area contributed by atoms with E-state index in [1.807, 2.05) is 72.8 Å². The van der Waals surface area contributed by atoms with Crippen LogP contribution in [0.15, 0.2) is 215 Å². The monoisotopic (exact) mass is 886 g/mol. The highest BCUT2D eigenvalue weighted by atomic mass is 16.3. The molecule has 0 amide bonds. The van der Waals surface area contributed by atoms with Crippen LogP contribution in [0.2, 0.25) is 0 Å². The first-order chi connectivity index (χ1) is 34.2. The summed E-state index contributed by atoms with van der Waals surface area (Å²) in [6, 6.07) is 61.6. The van der Waals surface area contributed by atoms with Gasteiger partial charge < -0.3 is 13.4 Å². The van der Waals surface area contributed by atoms with E-state index >= 15 is 0 Å². The van der Waals surface area contributed by atoms with Crippen molar-refractivity contribution in [3.8, 4) is 62.1 Å². The number of aromatic nitrogens is 4. The maximum atomic E-state index is 7.11. The number of benzene rings is 8. The molecule has 0 N–H and O–H groups in total. The van der Waals surface area contributed by atoms with Gasteiger partial charge in [0.2, 0.25) is 0 Å². The topological polar surface area (TPSA) is 69.9 Å². The molecule has 8 aromatic carbocycles. The molecule has 2 aliphatic carbocycles. The molecule has 6 nitrogen and oxygen atoms in total. The van der Waals surface area contributed by atoms with Crippen LogP contribution in [0.5, 0.6) is 0 Å². The van der Waals surface area contributed by atoms with Gasteiger partial charge >= 0.3 is 0 Å². The molecule has 2 aliphatic rings. The predicted octanol–water partition coefficient (Wildman–Crippen LogP) is 16.5. The molecule has 4 aromatic heterocycles. The van der Waals surface area contributed by atoms with Gasteiger partial charge in [-0.2, -0.15) is 0 Å². The average Bonchev–Trinajstić information content (AvgIpc) is 4.11. The minimum absolute atomic E-state index is 0.358. The molecular weight excluding hydrogens is 845 g/mol. The van der Waals surface area contributed by atoms with Gasteiger partial charge in [-0.3, -0.25) is 0 Å². The molecule has 14 rings (SSSR count). The van der Waals surface area contributed by atoms with Crippen molar-refractivity contribution in [2.45, 2.75) is 25.2 Å². The highest BCUT2D eigenvalue weighted by Gasteiger charge is 2.28. The van der Waals surface area contributed by atoms with Crippen molar-refractivity contribution in [1.82, 2.24) is 19.5 Å². The quantitative estimate of drug-likeness (QED) is 0.159. The zero-order chi connectivity index (χ0) is 45.4. The van der Waals surface area contributed by atoms with Crippen LogP contribution in [-0.4, -0.2) is 19.5 Å². The number of fused-ring (bicyclic) bond motifs is 9. The number of hydrogen-bond donors (Lipinski definition) is 0. The van der Waals surface area contributed by atoms with E-state index in [9.17, 15) is 0 Å². The zero-order valence-electron chi connectivity index (χ0n) is 37.5. The van der Waals surface area contributed by atoms with Crippen molar-refractivity contribution >= 4 is 60.9 Å². The summed E-state index contributed by atoms with van der Waals surface area (Å²) in [5, 5.41) is 5.52. The van der Waals surface area contributed by atoms with Crippen LogP contribution in [0, 0.1) is 0 Å². The molecule has 0 saturated heterocycles. The van der Waals surface area contributed by atoms with Gasteiger partial charge in [-0.15, -0.1) is 0 Å². The summed E-state index contributed by atoms with van der Waals surface area (Å²) in [5.41, 5.74) is 16.2. The summed E-state index contributed by atoms with van der Waals surface area (Å²) in [6.45, 7) is 0. The molecule has 1 unspecified atom stereocenters. The first kappa shape index (κ1) is 39.3. The summed E-state index contributed by atoms with van der Waals surface area (Å²) in [4.78, 5) is 15.1. The van der Waals surface area contributed by atoms with Gasteiger partial charge in [0.05, 0.1) is 16.8 Å². The van der Waals surface area contributed by atoms with E-state index in [0.717, 1.165) is 108 Å². The van der Waals surface area contributed by atoms with Crippen LogP contribution < -0.4 is 0 Å². The third kappa shape index (κ3) is 6.44. The van der Waals surface area contributed by atoms with E-state index < -0.39 is 0 Å². The molecule has 4 heterocycles. The van der Waals surface area contributed by atoms with Gasteiger partial charge in [-0.1, -0.05) is 158 Å². The Morgan fingerprint density at radius 2 is 1.16 bits per heavy atom. The third-order valence-electron chi connectivity index (χ3n) is 14.1. The molecule has 0 fully saturated rings. The van der Waals surface area contributed by atoms with E-state index in [1.54, 1.807) is 0 Å². The van der Waals surface area contributed by atoms with E-state index in [2.05, 4.69) is 144 Å². The number of rotatable bonds is 7. The van der Waals surface area contributed by atoms with Crippen molar-refractivity contribution in [2.75, 3.05) is 0 Å². The van der Waals surface area contributed by atoms with Crippen molar-refractivity contribution < 1.29 is 8.83 Å². The van der Waals surface area contributed by atoms with Gasteiger partial charge in [0.15, 0.2) is 17.5 Å². The smallest absolute Gasteiger partial charge is 0.164 e. The largest absolute Gasteiger partial charge is 0.455 e. The lowest BCUT2D eigenvalue weighted by Gasteiger charge is -2.18. The lowest BCUT2D eigenvalue weighted by molar-refractivity contribution is 0.664. The van der Waals surface area contributed by atoms with Crippen LogP contribution >= 0.6 is 0 Å². The second kappa shape index (κ2) is 15.9. The van der Waals surface area contributed by atoms with Crippen LogP contribution in [0.4, 0.5) is 0 Å². The minimum atomic E-state index is 0.358. The van der Waals surface area contributed by atoms with Gasteiger partial charge in [0.25, 0.3) is 0 Å². The molecule has 0 aliphatic heterocycles. The van der Waals surface area contributed by atoms with E-state index in [0.29, 0.717) is 23.4 Å². The lowest BCUT2D eigenvalue weighted by atomic mass is 9.91. The Hall–Kier alpha value is -8.87. The summed E-state index contributed by atoms with van der Waals surface area (Å²) in [7, 11) is 0. The predicted molar refractivity (Wildman–Crippen MR) is 281 cm³/mol. The molecule has 69 heavy (non-hydrogen) atoms. The normalized spacial score (nSPS) is 14.5. The standard InChI is InChI=1S/C63H42N4O2/c1-4-17-39(18-5-1)42-31-35-53-51(38-42)46-25-10-13-28-52(46)67(53)54-36-34-48-47-26-11-14-29-55(47)68-59(48)58(54)50-33-32-45(57-49-27-12-15-30-56(49)69-60(50)57)43-23-16-24-44(37-43)63-65-61(40-19-6-2-7-20-40)64-62(66-63)41-21-8-3-9-22-41/h1-9,11-17,19-24,26-39H,10,18,25H2. The van der Waals surface area contributed by atoms with Crippen LogP contribution in [0.3, 0.4) is 0 Å². The average molecular weight is 887 g/mol.